The molecule has 1 unspecified atom stereocenters. The fourth-order valence-electron chi connectivity index (χ4n) is 2.84. The Morgan fingerprint density at radius 3 is 2.48 bits per heavy atom. The third-order valence-corrected chi connectivity index (χ3v) is 4.79. The topological polar surface area (TPSA) is 55.1 Å². The lowest BCUT2D eigenvalue weighted by Crippen LogP contribution is -2.09. The second kappa shape index (κ2) is 7.90. The van der Waals surface area contributed by atoms with Crippen molar-refractivity contribution in [1.29, 1.82) is 0 Å². The molecule has 144 valence electrons. The summed E-state index contributed by atoms with van der Waals surface area (Å²) in [5, 5.41) is 7.17. The maximum absolute atomic E-state index is 13.8. The molecule has 0 aliphatic rings. The van der Waals surface area contributed by atoms with Gasteiger partial charge in [0.2, 0.25) is 5.28 Å². The molecule has 3 aromatic heterocycles. The molecule has 10 heteroatoms. The molecule has 5 nitrogen and oxygen atoms in total. The van der Waals surface area contributed by atoms with E-state index in [1.807, 2.05) is 0 Å². The van der Waals surface area contributed by atoms with Crippen LogP contribution in [0.4, 0.5) is 19.0 Å². The van der Waals surface area contributed by atoms with E-state index in [0.29, 0.717) is 23.5 Å². The van der Waals surface area contributed by atoms with Gasteiger partial charge < -0.3 is 5.32 Å². The van der Waals surface area contributed by atoms with Gasteiger partial charge in [-0.05, 0) is 49.4 Å². The Bertz CT molecular complexity index is 970. The Hall–Kier alpha value is -2.06. The summed E-state index contributed by atoms with van der Waals surface area (Å²) in [6.07, 6.45) is 1.59. The Morgan fingerprint density at radius 2 is 1.85 bits per heavy atom. The van der Waals surface area contributed by atoms with E-state index in [1.54, 1.807) is 6.92 Å². The van der Waals surface area contributed by atoms with Crippen LogP contribution in [-0.2, 0) is 13.0 Å². The Kier molecular flexibility index (Phi) is 5.76. The number of hydrogen-bond acceptors (Lipinski definition) is 4. The molecule has 0 spiro atoms. The van der Waals surface area contributed by atoms with Gasteiger partial charge in [0.15, 0.2) is 5.82 Å². The zero-order chi connectivity index (χ0) is 19.7. The molecular weight excluding hydrogens is 402 g/mol. The molecule has 0 aliphatic heterocycles. The standard InChI is InChI=1S/C17H16Cl2F3N5/c1-8(20)3-4-10-9(2)14-16(25-17(19)26-27(14)15(10)18)24-5-11-12(21)6-23-7-13(11)22/h6-8H,3-5H2,1-2H3,(H,24,25,26). The van der Waals surface area contributed by atoms with Crippen molar-refractivity contribution in [3.63, 3.8) is 0 Å². The summed E-state index contributed by atoms with van der Waals surface area (Å²) in [5.74, 6) is -1.28. The number of hydrogen-bond donors (Lipinski definition) is 1. The van der Waals surface area contributed by atoms with Crippen LogP contribution < -0.4 is 5.32 Å². The molecule has 27 heavy (non-hydrogen) atoms. The summed E-state index contributed by atoms with van der Waals surface area (Å²) in [6.45, 7) is 3.10. The van der Waals surface area contributed by atoms with Crippen molar-refractivity contribution in [1.82, 2.24) is 19.6 Å². The maximum Gasteiger partial charge on any atom is 0.243 e. The number of pyridine rings is 1. The van der Waals surface area contributed by atoms with Crippen LogP contribution in [0.2, 0.25) is 10.4 Å². The minimum atomic E-state index is -0.978. The number of aryl methyl sites for hydroxylation is 1. The molecule has 0 aliphatic carbocycles. The van der Waals surface area contributed by atoms with Crippen LogP contribution in [0, 0.1) is 18.6 Å². The molecule has 0 amide bonds. The summed E-state index contributed by atoms with van der Waals surface area (Å²) in [4.78, 5) is 7.57. The van der Waals surface area contributed by atoms with Crippen molar-refractivity contribution < 1.29 is 13.2 Å². The molecule has 3 rings (SSSR count). The van der Waals surface area contributed by atoms with E-state index in [9.17, 15) is 13.2 Å². The minimum Gasteiger partial charge on any atom is -0.364 e. The first-order valence-electron chi connectivity index (χ1n) is 8.18. The summed E-state index contributed by atoms with van der Waals surface area (Å²) in [6, 6.07) is 0. The fourth-order valence-corrected chi connectivity index (χ4v) is 3.36. The summed E-state index contributed by atoms with van der Waals surface area (Å²) < 4.78 is 42.3. The van der Waals surface area contributed by atoms with Crippen molar-refractivity contribution in [2.75, 3.05) is 5.32 Å². The van der Waals surface area contributed by atoms with E-state index in [0.717, 1.165) is 23.5 Å². The minimum absolute atomic E-state index is 0.0945. The van der Waals surface area contributed by atoms with Crippen molar-refractivity contribution in [2.45, 2.75) is 39.4 Å². The normalized spacial score (nSPS) is 12.6. The third-order valence-electron chi connectivity index (χ3n) is 4.24. The van der Waals surface area contributed by atoms with Gasteiger partial charge in [0.1, 0.15) is 22.3 Å². The average Bonchev–Trinajstić information content (AvgIpc) is 2.83. The lowest BCUT2D eigenvalue weighted by molar-refractivity contribution is 0.341. The van der Waals surface area contributed by atoms with Crippen molar-refractivity contribution in [3.05, 3.63) is 51.2 Å². The first kappa shape index (κ1) is 19.7. The molecule has 1 N–H and O–H groups in total. The van der Waals surface area contributed by atoms with E-state index < -0.39 is 17.8 Å². The molecule has 3 aromatic rings. The van der Waals surface area contributed by atoms with Crippen LogP contribution >= 0.6 is 23.2 Å². The zero-order valence-electron chi connectivity index (χ0n) is 14.5. The smallest absolute Gasteiger partial charge is 0.243 e. The highest BCUT2D eigenvalue weighted by Crippen LogP contribution is 2.32. The molecule has 0 radical (unpaired) electrons. The highest BCUT2D eigenvalue weighted by atomic mass is 35.5. The molecule has 0 bridgehead atoms. The molecule has 0 saturated heterocycles. The van der Waals surface area contributed by atoms with Gasteiger partial charge in [0.05, 0.1) is 18.6 Å². The highest BCUT2D eigenvalue weighted by Gasteiger charge is 2.20. The van der Waals surface area contributed by atoms with Crippen LogP contribution in [0.3, 0.4) is 0 Å². The lowest BCUT2D eigenvalue weighted by atomic mass is 10.1. The number of nitrogens with one attached hydrogen (secondary N) is 1. The number of alkyl halides is 1. The van der Waals surface area contributed by atoms with Gasteiger partial charge in [0, 0.05) is 12.1 Å². The van der Waals surface area contributed by atoms with Crippen LogP contribution in [0.1, 0.15) is 30.0 Å². The fraction of sp³-hybridized carbons (Fsp3) is 0.353. The van der Waals surface area contributed by atoms with Gasteiger partial charge in [-0.25, -0.2) is 17.7 Å². The van der Waals surface area contributed by atoms with Gasteiger partial charge in [-0.2, -0.15) is 4.98 Å². The summed E-state index contributed by atoms with van der Waals surface area (Å²) >= 11 is 12.4. The molecule has 1 atom stereocenters. The van der Waals surface area contributed by atoms with E-state index in [1.165, 1.54) is 11.4 Å². The van der Waals surface area contributed by atoms with Crippen LogP contribution in [0.5, 0.6) is 0 Å². The Balaban J connectivity index is 2.01. The monoisotopic (exact) mass is 417 g/mol. The van der Waals surface area contributed by atoms with Gasteiger partial charge in [-0.15, -0.1) is 5.10 Å². The van der Waals surface area contributed by atoms with Gasteiger partial charge >= 0.3 is 0 Å². The molecule has 0 aromatic carbocycles. The first-order chi connectivity index (χ1) is 12.8. The third kappa shape index (κ3) is 3.96. The largest absolute Gasteiger partial charge is 0.364 e. The SMILES string of the molecule is Cc1c(CCC(C)F)c(Cl)n2nc(Cl)nc(NCc3c(F)cncc3F)c12. The second-order valence-electron chi connectivity index (χ2n) is 6.14. The molecular formula is C17H16Cl2F3N5. The number of nitrogens with zero attached hydrogens (tertiary/aromatic N) is 4. The van der Waals surface area contributed by atoms with Gasteiger partial charge in [0.25, 0.3) is 0 Å². The van der Waals surface area contributed by atoms with Crippen LogP contribution in [0.25, 0.3) is 5.52 Å². The van der Waals surface area contributed by atoms with Crippen LogP contribution in [0.15, 0.2) is 12.4 Å². The number of aromatic nitrogens is 4. The predicted octanol–water partition coefficient (Wildman–Crippen LogP) is 4.92. The van der Waals surface area contributed by atoms with Gasteiger partial charge in [-0.3, -0.25) is 4.98 Å². The van der Waals surface area contributed by atoms with E-state index in [2.05, 4.69) is 20.4 Å². The van der Waals surface area contributed by atoms with E-state index >= 15 is 0 Å². The predicted molar refractivity (Wildman–Crippen MR) is 98.1 cm³/mol. The highest BCUT2D eigenvalue weighted by molar-refractivity contribution is 6.31. The van der Waals surface area contributed by atoms with E-state index in [-0.39, 0.29) is 23.2 Å². The van der Waals surface area contributed by atoms with Crippen molar-refractivity contribution in [3.8, 4) is 0 Å². The second-order valence-corrected chi connectivity index (χ2v) is 6.83. The quantitative estimate of drug-likeness (QED) is 0.618. The van der Waals surface area contributed by atoms with E-state index in [4.69, 9.17) is 23.2 Å². The zero-order valence-corrected chi connectivity index (χ0v) is 16.0. The number of rotatable bonds is 6. The number of fused-ring (bicyclic) bond motifs is 1. The first-order valence-corrected chi connectivity index (χ1v) is 8.94. The maximum atomic E-state index is 13.8. The molecule has 3 heterocycles. The van der Waals surface area contributed by atoms with Crippen molar-refractivity contribution >= 4 is 34.5 Å². The number of anilines is 1. The Labute approximate surface area is 163 Å². The summed E-state index contributed by atoms with van der Waals surface area (Å²) in [5.41, 5.74) is 1.80. The van der Waals surface area contributed by atoms with Crippen LogP contribution in [-0.4, -0.2) is 25.8 Å². The number of halogens is 5. The van der Waals surface area contributed by atoms with Crippen molar-refractivity contribution in [2.24, 2.45) is 0 Å². The lowest BCUT2D eigenvalue weighted by Gasteiger charge is -2.10. The summed E-state index contributed by atoms with van der Waals surface area (Å²) in [7, 11) is 0. The Morgan fingerprint density at radius 1 is 1.19 bits per heavy atom. The molecule has 0 saturated carbocycles. The average molecular weight is 418 g/mol. The molecule has 0 fully saturated rings. The van der Waals surface area contributed by atoms with Gasteiger partial charge in [-0.1, -0.05) is 11.6 Å².